The number of nitrogens with two attached hydrogens (primary N) is 1. The smallest absolute Gasteiger partial charge is 0.410 e. The Hall–Kier alpha value is -3.62. The lowest BCUT2D eigenvalue weighted by Gasteiger charge is -2.45. The Kier molecular flexibility index (Phi) is 5.97. The standard InChI is InChI=1S/C24H31N7O2/c1-15-13-30(14-16(2)31(15)23(32)33-24(3,4)5)19-9-7-18(8-10-19)27-22-26-12-17-6-11-20(25)28-21(17)29-22/h6-12,15-16H,13-14H2,1-5H3,(H3,25,26,27,28,29)/t15-,16+. The van der Waals surface area contributed by atoms with Gasteiger partial charge in [0.05, 0.1) is 12.1 Å². The molecule has 1 aliphatic rings. The number of nitrogens with one attached hydrogen (secondary N) is 1. The summed E-state index contributed by atoms with van der Waals surface area (Å²) in [5.74, 6) is 0.883. The minimum absolute atomic E-state index is 0.0346. The number of piperazine rings is 1. The number of aromatic nitrogens is 3. The number of amides is 1. The molecule has 174 valence electrons. The zero-order chi connectivity index (χ0) is 23.8. The molecule has 4 rings (SSSR count). The van der Waals surface area contributed by atoms with Gasteiger partial charge in [-0.05, 0) is 71.0 Å². The van der Waals surface area contributed by atoms with E-state index in [1.165, 1.54) is 0 Å². The molecule has 1 aliphatic heterocycles. The van der Waals surface area contributed by atoms with Crippen LogP contribution in [0.15, 0.2) is 42.6 Å². The van der Waals surface area contributed by atoms with Gasteiger partial charge in [-0.1, -0.05) is 0 Å². The molecule has 1 fully saturated rings. The van der Waals surface area contributed by atoms with Crippen LogP contribution in [-0.4, -0.2) is 56.7 Å². The van der Waals surface area contributed by atoms with Crippen molar-refractivity contribution < 1.29 is 9.53 Å². The van der Waals surface area contributed by atoms with Gasteiger partial charge in [-0.15, -0.1) is 0 Å². The second kappa shape index (κ2) is 8.73. The first-order chi connectivity index (χ1) is 15.6. The highest BCUT2D eigenvalue weighted by Gasteiger charge is 2.35. The van der Waals surface area contributed by atoms with Crippen molar-refractivity contribution in [2.24, 2.45) is 0 Å². The van der Waals surface area contributed by atoms with Crippen LogP contribution in [0.1, 0.15) is 34.6 Å². The van der Waals surface area contributed by atoms with Gasteiger partial charge >= 0.3 is 6.09 Å². The Labute approximate surface area is 194 Å². The van der Waals surface area contributed by atoms with Gasteiger partial charge in [0.15, 0.2) is 5.65 Å². The van der Waals surface area contributed by atoms with Gasteiger partial charge in [0, 0.05) is 36.0 Å². The SMILES string of the molecule is C[C@@H]1CN(c2ccc(Nc3ncc4ccc(N)nc4n3)cc2)C[C@H](C)N1C(=O)OC(C)(C)C. The summed E-state index contributed by atoms with van der Waals surface area (Å²) in [6, 6.07) is 11.7. The first kappa shape index (κ1) is 22.6. The van der Waals surface area contributed by atoms with Gasteiger partial charge in [0.25, 0.3) is 0 Å². The summed E-state index contributed by atoms with van der Waals surface area (Å²) in [6.45, 7) is 11.2. The number of carbonyl (C=O) groups excluding carboxylic acids is 1. The van der Waals surface area contributed by atoms with E-state index in [4.69, 9.17) is 10.5 Å². The lowest BCUT2D eigenvalue weighted by atomic mass is 10.1. The van der Waals surface area contributed by atoms with Gasteiger partial charge in [-0.25, -0.2) is 14.8 Å². The zero-order valence-corrected chi connectivity index (χ0v) is 19.7. The number of hydrogen-bond acceptors (Lipinski definition) is 8. The fraction of sp³-hybridized carbons (Fsp3) is 0.417. The summed E-state index contributed by atoms with van der Waals surface area (Å²) in [6.07, 6.45) is 1.46. The van der Waals surface area contributed by atoms with E-state index < -0.39 is 5.60 Å². The lowest BCUT2D eigenvalue weighted by Crippen LogP contribution is -2.59. The summed E-state index contributed by atoms with van der Waals surface area (Å²) < 4.78 is 5.60. The van der Waals surface area contributed by atoms with Gasteiger partial charge < -0.3 is 20.7 Å². The first-order valence-electron chi connectivity index (χ1n) is 11.1. The monoisotopic (exact) mass is 449 g/mol. The molecule has 0 saturated carbocycles. The maximum absolute atomic E-state index is 12.7. The molecule has 2 aromatic heterocycles. The molecule has 1 saturated heterocycles. The van der Waals surface area contributed by atoms with E-state index in [9.17, 15) is 4.79 Å². The molecule has 0 spiro atoms. The van der Waals surface area contributed by atoms with Crippen LogP contribution in [0.5, 0.6) is 0 Å². The summed E-state index contributed by atoms with van der Waals surface area (Å²) in [7, 11) is 0. The van der Waals surface area contributed by atoms with Crippen molar-refractivity contribution in [1.29, 1.82) is 0 Å². The molecule has 1 aromatic carbocycles. The number of hydrogen-bond donors (Lipinski definition) is 2. The molecule has 3 N–H and O–H groups in total. The second-order valence-electron chi connectivity index (χ2n) is 9.51. The topological polar surface area (TPSA) is 109 Å². The molecule has 0 unspecified atom stereocenters. The van der Waals surface area contributed by atoms with Gasteiger partial charge in [-0.2, -0.15) is 4.98 Å². The number of anilines is 4. The highest BCUT2D eigenvalue weighted by Crippen LogP contribution is 2.26. The van der Waals surface area contributed by atoms with Crippen molar-refractivity contribution in [3.8, 4) is 0 Å². The van der Waals surface area contributed by atoms with E-state index >= 15 is 0 Å². The first-order valence-corrected chi connectivity index (χ1v) is 11.1. The molecule has 9 nitrogen and oxygen atoms in total. The largest absolute Gasteiger partial charge is 0.444 e. The van der Waals surface area contributed by atoms with Crippen molar-refractivity contribution in [2.45, 2.75) is 52.3 Å². The molecule has 3 aromatic rings. The quantitative estimate of drug-likeness (QED) is 0.613. The summed E-state index contributed by atoms with van der Waals surface area (Å²) in [4.78, 5) is 29.8. The number of benzene rings is 1. The number of fused-ring (bicyclic) bond motifs is 1. The Bertz CT molecular complexity index is 1130. The Morgan fingerprint density at radius 2 is 1.73 bits per heavy atom. The average molecular weight is 450 g/mol. The van der Waals surface area contributed by atoms with Gasteiger partial charge in [-0.3, -0.25) is 4.90 Å². The molecule has 2 atom stereocenters. The predicted molar refractivity (Wildman–Crippen MR) is 131 cm³/mol. The highest BCUT2D eigenvalue weighted by atomic mass is 16.6. The second-order valence-corrected chi connectivity index (χ2v) is 9.51. The molecular weight excluding hydrogens is 418 g/mol. The average Bonchev–Trinajstić information content (AvgIpc) is 2.72. The molecule has 0 aliphatic carbocycles. The van der Waals surface area contributed by atoms with Crippen LogP contribution in [0.4, 0.5) is 27.9 Å². The summed E-state index contributed by atoms with van der Waals surface area (Å²) >= 11 is 0. The van der Waals surface area contributed by atoms with Crippen molar-refractivity contribution >= 4 is 40.3 Å². The number of nitrogen functional groups attached to an aromatic ring is 1. The van der Waals surface area contributed by atoms with Gasteiger partial charge in [0.2, 0.25) is 5.95 Å². The van der Waals surface area contributed by atoms with E-state index in [0.717, 1.165) is 29.9 Å². The Morgan fingerprint density at radius 1 is 1.06 bits per heavy atom. The third-order valence-corrected chi connectivity index (χ3v) is 5.48. The van der Waals surface area contributed by atoms with Crippen LogP contribution in [0, 0.1) is 0 Å². The Morgan fingerprint density at radius 3 is 2.36 bits per heavy atom. The van der Waals surface area contributed by atoms with E-state index in [-0.39, 0.29) is 18.2 Å². The third kappa shape index (κ3) is 5.24. The number of ether oxygens (including phenoxy) is 1. The molecule has 33 heavy (non-hydrogen) atoms. The molecular formula is C24H31N7O2. The van der Waals surface area contributed by atoms with Crippen molar-refractivity contribution in [3.05, 3.63) is 42.6 Å². The van der Waals surface area contributed by atoms with E-state index in [2.05, 4.69) is 51.1 Å². The fourth-order valence-corrected chi connectivity index (χ4v) is 4.08. The van der Waals surface area contributed by atoms with Crippen LogP contribution in [0.2, 0.25) is 0 Å². The number of nitrogens with zero attached hydrogens (tertiary/aromatic N) is 5. The van der Waals surface area contributed by atoms with Crippen LogP contribution < -0.4 is 16.0 Å². The maximum Gasteiger partial charge on any atom is 0.410 e. The molecule has 3 heterocycles. The Balaban J connectivity index is 1.43. The van der Waals surface area contributed by atoms with Crippen molar-refractivity contribution in [3.63, 3.8) is 0 Å². The number of pyridine rings is 1. The van der Waals surface area contributed by atoms with Crippen LogP contribution in [-0.2, 0) is 4.74 Å². The zero-order valence-electron chi connectivity index (χ0n) is 19.7. The van der Waals surface area contributed by atoms with Crippen molar-refractivity contribution in [1.82, 2.24) is 19.9 Å². The van der Waals surface area contributed by atoms with E-state index in [0.29, 0.717) is 17.4 Å². The fourth-order valence-electron chi connectivity index (χ4n) is 4.08. The molecule has 1 amide bonds. The van der Waals surface area contributed by atoms with Crippen molar-refractivity contribution in [2.75, 3.05) is 29.0 Å². The number of rotatable bonds is 3. The van der Waals surface area contributed by atoms with Crippen LogP contribution in [0.3, 0.4) is 0 Å². The highest BCUT2D eigenvalue weighted by molar-refractivity contribution is 5.77. The maximum atomic E-state index is 12.7. The summed E-state index contributed by atoms with van der Waals surface area (Å²) in [5, 5.41) is 4.05. The third-order valence-electron chi connectivity index (χ3n) is 5.48. The van der Waals surface area contributed by atoms with E-state index in [1.54, 1.807) is 12.3 Å². The minimum Gasteiger partial charge on any atom is -0.444 e. The van der Waals surface area contributed by atoms with E-state index in [1.807, 2.05) is 43.9 Å². The van der Waals surface area contributed by atoms with Gasteiger partial charge in [0.1, 0.15) is 11.4 Å². The normalized spacial score (nSPS) is 18.9. The molecule has 0 bridgehead atoms. The molecule has 0 radical (unpaired) electrons. The van der Waals surface area contributed by atoms with Crippen LogP contribution in [0.25, 0.3) is 11.0 Å². The molecule has 9 heteroatoms. The lowest BCUT2D eigenvalue weighted by molar-refractivity contribution is 0.00566. The minimum atomic E-state index is -0.506. The summed E-state index contributed by atoms with van der Waals surface area (Å²) in [5.41, 5.74) is 7.77. The predicted octanol–water partition coefficient (Wildman–Crippen LogP) is 4.18. The van der Waals surface area contributed by atoms with Crippen LogP contribution >= 0.6 is 0 Å². The number of carbonyl (C=O) groups is 1.